The van der Waals surface area contributed by atoms with Gasteiger partial charge in [0, 0.05) is 18.1 Å². The van der Waals surface area contributed by atoms with E-state index in [1.807, 2.05) is 9.80 Å². The number of nitrogens with one attached hydrogen (secondary N) is 1. The number of amides is 2. The highest BCUT2D eigenvalue weighted by Crippen LogP contribution is 2.27. The van der Waals surface area contributed by atoms with Gasteiger partial charge in [-0.2, -0.15) is 0 Å². The maximum atomic E-state index is 12.7. The molecule has 0 saturated carbocycles. The Hall–Kier alpha value is -1.30. The van der Waals surface area contributed by atoms with Gasteiger partial charge < -0.3 is 10.2 Å². The number of likely N-dealkylation sites (tertiary alicyclic amines) is 2. The van der Waals surface area contributed by atoms with Gasteiger partial charge in [0.05, 0.1) is 23.3 Å². The zero-order chi connectivity index (χ0) is 18.5. The normalized spacial score (nSPS) is 21.5. The molecule has 2 aliphatic rings. The summed E-state index contributed by atoms with van der Waals surface area (Å²) in [6, 6.07) is 4.68. The number of anilines is 1. The van der Waals surface area contributed by atoms with Gasteiger partial charge in [0.1, 0.15) is 0 Å². The largest absolute Gasteiger partial charge is 0.342 e. The minimum Gasteiger partial charge on any atom is -0.342 e. The summed E-state index contributed by atoms with van der Waals surface area (Å²) in [6.45, 7) is 2.74. The Labute approximate surface area is 164 Å². The van der Waals surface area contributed by atoms with Gasteiger partial charge in [-0.3, -0.25) is 14.5 Å². The molecule has 3 rings (SSSR count). The minimum absolute atomic E-state index is 0.129. The molecule has 1 aromatic carbocycles. The molecule has 0 aliphatic carbocycles. The Morgan fingerprint density at radius 2 is 1.77 bits per heavy atom. The molecule has 1 aromatic rings. The van der Waals surface area contributed by atoms with Gasteiger partial charge in [0.2, 0.25) is 11.8 Å². The van der Waals surface area contributed by atoms with Crippen LogP contribution in [0, 0.1) is 0 Å². The first-order chi connectivity index (χ1) is 12.5. The second-order valence-electron chi connectivity index (χ2n) is 7.04. The van der Waals surface area contributed by atoms with Crippen LogP contribution in [-0.4, -0.2) is 53.8 Å². The van der Waals surface area contributed by atoms with E-state index in [9.17, 15) is 9.59 Å². The smallest absolute Gasteiger partial charge is 0.241 e. The molecule has 142 valence electrons. The van der Waals surface area contributed by atoms with Gasteiger partial charge >= 0.3 is 0 Å². The van der Waals surface area contributed by atoms with Gasteiger partial charge in [0.15, 0.2) is 0 Å². The third kappa shape index (κ3) is 4.90. The summed E-state index contributed by atoms with van der Waals surface area (Å²) in [5.74, 6) is 0.00252. The summed E-state index contributed by atoms with van der Waals surface area (Å²) < 4.78 is 0. The number of hydrogen-bond acceptors (Lipinski definition) is 3. The van der Waals surface area contributed by atoms with Gasteiger partial charge in [-0.25, -0.2) is 0 Å². The van der Waals surface area contributed by atoms with Crippen LogP contribution in [0.3, 0.4) is 0 Å². The van der Waals surface area contributed by atoms with Crippen molar-refractivity contribution >= 4 is 40.7 Å². The highest BCUT2D eigenvalue weighted by molar-refractivity contribution is 6.35. The van der Waals surface area contributed by atoms with Crippen molar-refractivity contribution in [3.63, 3.8) is 0 Å². The van der Waals surface area contributed by atoms with E-state index in [1.54, 1.807) is 18.2 Å². The number of carbonyl (C=O) groups excluding carboxylic acids is 2. The maximum Gasteiger partial charge on any atom is 0.241 e. The van der Waals surface area contributed by atoms with Crippen molar-refractivity contribution < 1.29 is 9.59 Å². The SMILES string of the molecule is O=C(Nc1cc(Cl)ccc1Cl)C1CCCN1CC(=O)N1CCCCCC1. The lowest BCUT2D eigenvalue weighted by atomic mass is 10.2. The van der Waals surface area contributed by atoms with Crippen LogP contribution in [0.1, 0.15) is 38.5 Å². The summed E-state index contributed by atoms with van der Waals surface area (Å²) in [4.78, 5) is 29.3. The molecule has 26 heavy (non-hydrogen) atoms. The lowest BCUT2D eigenvalue weighted by Gasteiger charge is -2.27. The first-order valence-corrected chi connectivity index (χ1v) is 10.1. The molecule has 0 bridgehead atoms. The van der Waals surface area contributed by atoms with E-state index < -0.39 is 0 Å². The van der Waals surface area contributed by atoms with E-state index in [2.05, 4.69) is 5.32 Å². The quantitative estimate of drug-likeness (QED) is 0.840. The monoisotopic (exact) mass is 397 g/mol. The number of carbonyl (C=O) groups is 2. The van der Waals surface area contributed by atoms with Gasteiger partial charge in [-0.15, -0.1) is 0 Å². The third-order valence-corrected chi connectivity index (χ3v) is 5.71. The minimum atomic E-state index is -0.305. The fraction of sp³-hybridized carbons (Fsp3) is 0.579. The highest BCUT2D eigenvalue weighted by atomic mass is 35.5. The van der Waals surface area contributed by atoms with Gasteiger partial charge in [-0.05, 0) is 50.4 Å². The van der Waals surface area contributed by atoms with Crippen molar-refractivity contribution in [1.29, 1.82) is 0 Å². The lowest BCUT2D eigenvalue weighted by molar-refractivity contribution is -0.133. The van der Waals surface area contributed by atoms with Crippen LogP contribution >= 0.6 is 23.2 Å². The van der Waals surface area contributed by atoms with E-state index in [-0.39, 0.29) is 17.9 Å². The molecule has 0 radical (unpaired) electrons. The predicted octanol–water partition coefficient (Wildman–Crippen LogP) is 3.80. The molecule has 1 N–H and O–H groups in total. The average Bonchev–Trinajstić information content (AvgIpc) is 2.90. The van der Waals surface area contributed by atoms with Crippen molar-refractivity contribution in [3.05, 3.63) is 28.2 Å². The van der Waals surface area contributed by atoms with Crippen LogP contribution < -0.4 is 5.32 Å². The van der Waals surface area contributed by atoms with E-state index in [0.717, 1.165) is 45.3 Å². The Kier molecular flexibility index (Phi) is 6.79. The molecule has 7 heteroatoms. The molecule has 0 spiro atoms. The Morgan fingerprint density at radius 1 is 1.04 bits per heavy atom. The summed E-state index contributed by atoms with van der Waals surface area (Å²) in [6.07, 6.45) is 6.19. The molecule has 2 fully saturated rings. The maximum absolute atomic E-state index is 12.7. The predicted molar refractivity (Wildman–Crippen MR) is 105 cm³/mol. The molecule has 2 heterocycles. The molecule has 2 saturated heterocycles. The molecule has 2 aliphatic heterocycles. The standard InChI is InChI=1S/C19H25Cl2N3O2/c20-14-7-8-15(21)16(12-14)22-19(26)17-6-5-11-24(17)13-18(25)23-9-3-1-2-4-10-23/h7-8,12,17H,1-6,9-11,13H2,(H,22,26). The molecule has 0 aromatic heterocycles. The molecule has 5 nitrogen and oxygen atoms in total. The Bertz CT molecular complexity index is 660. The fourth-order valence-electron chi connectivity index (χ4n) is 3.72. The van der Waals surface area contributed by atoms with E-state index >= 15 is 0 Å². The zero-order valence-corrected chi connectivity index (χ0v) is 16.4. The van der Waals surface area contributed by atoms with E-state index in [0.29, 0.717) is 22.3 Å². The Balaban J connectivity index is 1.61. The second-order valence-corrected chi connectivity index (χ2v) is 7.88. The molecule has 1 unspecified atom stereocenters. The summed E-state index contributed by atoms with van der Waals surface area (Å²) in [5.41, 5.74) is 0.509. The molecular formula is C19H25Cl2N3O2. The summed E-state index contributed by atoms with van der Waals surface area (Å²) in [5, 5.41) is 3.83. The fourth-order valence-corrected chi connectivity index (χ4v) is 4.05. The van der Waals surface area contributed by atoms with Crippen molar-refractivity contribution in [2.75, 3.05) is 31.5 Å². The van der Waals surface area contributed by atoms with Crippen molar-refractivity contribution in [1.82, 2.24) is 9.80 Å². The zero-order valence-electron chi connectivity index (χ0n) is 14.8. The van der Waals surface area contributed by atoms with E-state index in [1.165, 1.54) is 12.8 Å². The first-order valence-electron chi connectivity index (χ1n) is 9.32. The highest BCUT2D eigenvalue weighted by Gasteiger charge is 2.33. The van der Waals surface area contributed by atoms with Crippen LogP contribution in [0.4, 0.5) is 5.69 Å². The van der Waals surface area contributed by atoms with Crippen LogP contribution in [-0.2, 0) is 9.59 Å². The Morgan fingerprint density at radius 3 is 2.50 bits per heavy atom. The van der Waals surface area contributed by atoms with E-state index in [4.69, 9.17) is 23.2 Å². The second kappa shape index (κ2) is 9.07. The number of benzene rings is 1. The van der Waals surface area contributed by atoms with Crippen molar-refractivity contribution in [2.45, 2.75) is 44.6 Å². The average molecular weight is 398 g/mol. The number of nitrogens with zero attached hydrogens (tertiary/aromatic N) is 2. The van der Waals surface area contributed by atoms with Crippen LogP contribution in [0.2, 0.25) is 10.0 Å². The summed E-state index contributed by atoms with van der Waals surface area (Å²) >= 11 is 12.1. The van der Waals surface area contributed by atoms with Crippen LogP contribution in [0.5, 0.6) is 0 Å². The molecular weight excluding hydrogens is 373 g/mol. The molecule has 1 atom stereocenters. The first kappa shape index (κ1) is 19.5. The molecule has 2 amide bonds. The number of halogens is 2. The van der Waals surface area contributed by atoms with Crippen LogP contribution in [0.25, 0.3) is 0 Å². The van der Waals surface area contributed by atoms with Gasteiger partial charge in [0.25, 0.3) is 0 Å². The summed E-state index contributed by atoms with van der Waals surface area (Å²) in [7, 11) is 0. The van der Waals surface area contributed by atoms with Crippen LogP contribution in [0.15, 0.2) is 18.2 Å². The third-order valence-electron chi connectivity index (χ3n) is 5.15. The number of rotatable bonds is 4. The van der Waals surface area contributed by atoms with Crippen molar-refractivity contribution in [2.24, 2.45) is 0 Å². The van der Waals surface area contributed by atoms with Gasteiger partial charge in [-0.1, -0.05) is 36.0 Å². The lowest BCUT2D eigenvalue weighted by Crippen LogP contribution is -2.46. The topological polar surface area (TPSA) is 52.7 Å². The number of hydrogen-bond donors (Lipinski definition) is 1. The van der Waals surface area contributed by atoms with Crippen molar-refractivity contribution in [3.8, 4) is 0 Å².